The van der Waals surface area contributed by atoms with Gasteiger partial charge in [-0.05, 0) is 42.3 Å². The molecule has 0 aliphatic carbocycles. The summed E-state index contributed by atoms with van der Waals surface area (Å²) in [6.07, 6.45) is 0.801. The van der Waals surface area contributed by atoms with Gasteiger partial charge in [0.25, 0.3) is 5.91 Å². The monoisotopic (exact) mass is 442 g/mol. The van der Waals surface area contributed by atoms with Crippen molar-refractivity contribution in [3.8, 4) is 11.3 Å². The summed E-state index contributed by atoms with van der Waals surface area (Å²) in [5.41, 5.74) is 4.51. The summed E-state index contributed by atoms with van der Waals surface area (Å²) in [5, 5.41) is 1.30. The van der Waals surface area contributed by atoms with E-state index in [2.05, 4.69) is 4.98 Å². The molecule has 2 heterocycles. The van der Waals surface area contributed by atoms with Crippen LogP contribution >= 0.6 is 11.6 Å². The number of hydrogen-bond acceptors (Lipinski definition) is 4. The SMILES string of the molecule is O=C(OCC(=O)N1CCc2ccccc21)c1cc(-c2ccc(Cl)cc2)nc2ccccc12. The average molecular weight is 443 g/mol. The summed E-state index contributed by atoms with van der Waals surface area (Å²) >= 11 is 6.00. The lowest BCUT2D eigenvalue weighted by atomic mass is 10.0. The van der Waals surface area contributed by atoms with E-state index in [0.29, 0.717) is 33.7 Å². The van der Waals surface area contributed by atoms with Gasteiger partial charge in [0.05, 0.1) is 16.8 Å². The molecule has 1 amide bonds. The van der Waals surface area contributed by atoms with Crippen LogP contribution in [0.15, 0.2) is 78.9 Å². The van der Waals surface area contributed by atoms with Crippen molar-refractivity contribution in [1.29, 1.82) is 0 Å². The van der Waals surface area contributed by atoms with Crippen LogP contribution in [0.5, 0.6) is 0 Å². The molecule has 32 heavy (non-hydrogen) atoms. The van der Waals surface area contributed by atoms with Crippen molar-refractivity contribution in [3.63, 3.8) is 0 Å². The molecule has 3 aromatic carbocycles. The van der Waals surface area contributed by atoms with Gasteiger partial charge in [-0.2, -0.15) is 0 Å². The number of pyridine rings is 1. The molecule has 4 aromatic rings. The molecule has 0 radical (unpaired) electrons. The standard InChI is InChI=1S/C26H19ClN2O3/c27-19-11-9-17(10-12-19)23-15-21(20-6-2-3-7-22(20)28-23)26(31)32-16-25(30)29-14-13-18-5-1-4-8-24(18)29/h1-12,15H,13-14,16H2. The smallest absolute Gasteiger partial charge is 0.339 e. The first-order valence-electron chi connectivity index (χ1n) is 10.3. The zero-order valence-electron chi connectivity index (χ0n) is 17.1. The van der Waals surface area contributed by atoms with E-state index in [1.807, 2.05) is 60.7 Å². The van der Waals surface area contributed by atoms with Crippen LogP contribution in [0.2, 0.25) is 5.02 Å². The highest BCUT2D eigenvalue weighted by Crippen LogP contribution is 2.28. The second-order valence-corrected chi connectivity index (χ2v) is 8.02. The third kappa shape index (κ3) is 3.83. The van der Waals surface area contributed by atoms with Gasteiger partial charge in [0.2, 0.25) is 0 Å². The van der Waals surface area contributed by atoms with Crippen LogP contribution in [0.3, 0.4) is 0 Å². The Kier molecular flexibility index (Phi) is 5.33. The van der Waals surface area contributed by atoms with Gasteiger partial charge in [-0.25, -0.2) is 9.78 Å². The Balaban J connectivity index is 1.41. The van der Waals surface area contributed by atoms with Crippen molar-refractivity contribution >= 4 is 40.1 Å². The number of carbonyl (C=O) groups excluding carboxylic acids is 2. The first kappa shape index (κ1) is 20.2. The van der Waals surface area contributed by atoms with Crippen LogP contribution in [0.25, 0.3) is 22.2 Å². The minimum absolute atomic E-state index is 0.236. The van der Waals surface area contributed by atoms with Gasteiger partial charge in [-0.15, -0.1) is 0 Å². The largest absolute Gasteiger partial charge is 0.452 e. The lowest BCUT2D eigenvalue weighted by Crippen LogP contribution is -2.33. The van der Waals surface area contributed by atoms with E-state index >= 15 is 0 Å². The maximum absolute atomic E-state index is 13.0. The fraction of sp³-hybridized carbons (Fsp3) is 0.115. The number of halogens is 1. The van der Waals surface area contributed by atoms with E-state index in [1.165, 1.54) is 0 Å². The summed E-state index contributed by atoms with van der Waals surface area (Å²) < 4.78 is 5.46. The Hall–Kier alpha value is -3.70. The van der Waals surface area contributed by atoms with Crippen molar-refractivity contribution in [2.45, 2.75) is 6.42 Å². The fourth-order valence-corrected chi connectivity index (χ4v) is 4.12. The van der Waals surface area contributed by atoms with Crippen LogP contribution in [-0.2, 0) is 16.0 Å². The molecule has 0 N–H and O–H groups in total. The summed E-state index contributed by atoms with van der Waals surface area (Å²) in [4.78, 5) is 32.1. The molecule has 6 heteroatoms. The maximum Gasteiger partial charge on any atom is 0.339 e. The molecule has 0 fully saturated rings. The highest BCUT2D eigenvalue weighted by atomic mass is 35.5. The normalized spacial score (nSPS) is 12.6. The number of fused-ring (bicyclic) bond motifs is 2. The number of hydrogen-bond donors (Lipinski definition) is 0. The third-order valence-electron chi connectivity index (χ3n) is 5.59. The number of ether oxygens (including phenoxy) is 1. The number of esters is 1. The minimum Gasteiger partial charge on any atom is -0.452 e. The van der Waals surface area contributed by atoms with Gasteiger partial charge < -0.3 is 9.64 Å². The van der Waals surface area contributed by atoms with Crippen LogP contribution in [0, 0.1) is 0 Å². The molecule has 1 aromatic heterocycles. The highest BCUT2D eigenvalue weighted by Gasteiger charge is 2.25. The molecule has 0 atom stereocenters. The van der Waals surface area contributed by atoms with Crippen LogP contribution in [-0.4, -0.2) is 30.0 Å². The molecular weight excluding hydrogens is 424 g/mol. The van der Waals surface area contributed by atoms with E-state index in [1.54, 1.807) is 23.1 Å². The van der Waals surface area contributed by atoms with Gasteiger partial charge in [-0.3, -0.25) is 4.79 Å². The molecule has 1 aliphatic heterocycles. The number of nitrogens with zero attached hydrogens (tertiary/aromatic N) is 2. The number of rotatable bonds is 4. The molecule has 5 nitrogen and oxygen atoms in total. The Labute approximate surface area is 190 Å². The molecule has 0 saturated heterocycles. The first-order chi connectivity index (χ1) is 15.6. The summed E-state index contributed by atoms with van der Waals surface area (Å²) in [6, 6.07) is 24.1. The van der Waals surface area contributed by atoms with Crippen LogP contribution in [0.1, 0.15) is 15.9 Å². The number of anilines is 1. The Morgan fingerprint density at radius 1 is 0.969 bits per heavy atom. The highest BCUT2D eigenvalue weighted by molar-refractivity contribution is 6.30. The molecular formula is C26H19ClN2O3. The van der Waals surface area contributed by atoms with E-state index in [0.717, 1.165) is 23.2 Å². The molecule has 0 spiro atoms. The average Bonchev–Trinajstić information content (AvgIpc) is 3.26. The molecule has 158 valence electrons. The number of para-hydroxylation sites is 2. The zero-order valence-corrected chi connectivity index (χ0v) is 17.9. The Morgan fingerprint density at radius 2 is 1.72 bits per heavy atom. The molecule has 0 saturated carbocycles. The van der Waals surface area contributed by atoms with Crippen LogP contribution in [0.4, 0.5) is 5.69 Å². The quantitative estimate of drug-likeness (QED) is 0.402. The van der Waals surface area contributed by atoms with Gasteiger partial charge in [-0.1, -0.05) is 60.1 Å². The summed E-state index contributed by atoms with van der Waals surface area (Å²) in [5.74, 6) is -0.792. The molecule has 1 aliphatic rings. The van der Waals surface area contributed by atoms with E-state index in [9.17, 15) is 9.59 Å². The lowest BCUT2D eigenvalue weighted by molar-refractivity contribution is -0.121. The topological polar surface area (TPSA) is 59.5 Å². The van der Waals surface area contributed by atoms with Crippen molar-refractivity contribution in [2.24, 2.45) is 0 Å². The number of carbonyl (C=O) groups is 2. The van der Waals surface area contributed by atoms with Gasteiger partial charge in [0, 0.05) is 28.2 Å². The Bertz CT molecular complexity index is 1330. The second-order valence-electron chi connectivity index (χ2n) is 7.58. The van der Waals surface area contributed by atoms with Crippen LogP contribution < -0.4 is 4.90 Å². The van der Waals surface area contributed by atoms with Gasteiger partial charge in [0.1, 0.15) is 0 Å². The minimum atomic E-state index is -0.556. The zero-order chi connectivity index (χ0) is 22.1. The molecule has 5 rings (SSSR count). The Morgan fingerprint density at radius 3 is 2.56 bits per heavy atom. The predicted octanol–water partition coefficient (Wildman–Crippen LogP) is 5.30. The number of amides is 1. The molecule has 0 bridgehead atoms. The summed E-state index contributed by atoms with van der Waals surface area (Å²) in [6.45, 7) is 0.273. The van der Waals surface area contributed by atoms with E-state index in [-0.39, 0.29) is 12.5 Å². The fourth-order valence-electron chi connectivity index (χ4n) is 3.99. The maximum atomic E-state index is 13.0. The van der Waals surface area contributed by atoms with E-state index in [4.69, 9.17) is 16.3 Å². The predicted molar refractivity (Wildman–Crippen MR) is 125 cm³/mol. The van der Waals surface area contributed by atoms with Gasteiger partial charge >= 0.3 is 5.97 Å². The summed E-state index contributed by atoms with van der Waals surface area (Å²) in [7, 11) is 0. The van der Waals surface area contributed by atoms with Crippen molar-refractivity contribution < 1.29 is 14.3 Å². The van der Waals surface area contributed by atoms with Crippen molar-refractivity contribution in [3.05, 3.63) is 95.0 Å². The number of aromatic nitrogens is 1. The second kappa shape index (κ2) is 8.44. The van der Waals surface area contributed by atoms with E-state index < -0.39 is 5.97 Å². The lowest BCUT2D eigenvalue weighted by Gasteiger charge is -2.17. The third-order valence-corrected chi connectivity index (χ3v) is 5.84. The number of benzene rings is 3. The first-order valence-corrected chi connectivity index (χ1v) is 10.7. The van der Waals surface area contributed by atoms with Gasteiger partial charge in [0.15, 0.2) is 6.61 Å². The van der Waals surface area contributed by atoms with Crippen molar-refractivity contribution in [2.75, 3.05) is 18.1 Å². The molecule has 0 unspecified atom stereocenters. The van der Waals surface area contributed by atoms with Crippen molar-refractivity contribution in [1.82, 2.24) is 4.98 Å².